The quantitative estimate of drug-likeness (QED) is 0.903. The lowest BCUT2D eigenvalue weighted by molar-refractivity contribution is -0.142. The van der Waals surface area contributed by atoms with Gasteiger partial charge in [0.2, 0.25) is 5.91 Å². The Balaban J connectivity index is 1.96. The Hall–Kier alpha value is -2.04. The molecule has 108 valence electrons. The maximum Gasteiger partial charge on any atom is 0.308 e. The summed E-state index contributed by atoms with van der Waals surface area (Å²) in [6.45, 7) is 2.71. The summed E-state index contributed by atoms with van der Waals surface area (Å²) in [7, 11) is 1.60. The maximum absolute atomic E-state index is 12.2. The molecule has 5 heteroatoms. The second-order valence-corrected chi connectivity index (χ2v) is 5.25. The number of nitrogens with zero attached hydrogens (tertiary/aromatic N) is 1. The average Bonchev–Trinajstić information content (AvgIpc) is 2.82. The van der Waals surface area contributed by atoms with Crippen molar-refractivity contribution in [3.8, 4) is 5.75 Å². The molecule has 1 saturated heterocycles. The van der Waals surface area contributed by atoms with Gasteiger partial charge in [0.1, 0.15) is 5.75 Å². The van der Waals surface area contributed by atoms with Crippen LogP contribution in [-0.4, -0.2) is 42.1 Å². The van der Waals surface area contributed by atoms with E-state index < -0.39 is 11.9 Å². The first-order valence-corrected chi connectivity index (χ1v) is 6.64. The van der Waals surface area contributed by atoms with Gasteiger partial charge in [0.25, 0.3) is 0 Å². The molecule has 1 aromatic rings. The standard InChI is InChI=1S/C15H19NO4/c1-10-8-16(9-13(10)15(18)19)14(17)7-11-3-5-12(20-2)6-4-11/h3-6,10,13H,7-9H2,1-2H3,(H,18,19)/t10-,13-/m1/s1. The SMILES string of the molecule is COc1ccc(CC(=O)N2C[C@@H](C)[C@H](C(=O)O)C2)cc1. The molecular formula is C15H19NO4. The smallest absolute Gasteiger partial charge is 0.308 e. The number of methoxy groups -OCH3 is 1. The number of carboxylic acids is 1. The minimum Gasteiger partial charge on any atom is -0.497 e. The van der Waals surface area contributed by atoms with Crippen molar-refractivity contribution < 1.29 is 19.4 Å². The number of hydrogen-bond acceptors (Lipinski definition) is 3. The molecule has 1 aliphatic rings. The third kappa shape index (κ3) is 3.10. The number of benzene rings is 1. The van der Waals surface area contributed by atoms with Crippen molar-refractivity contribution in [2.24, 2.45) is 11.8 Å². The fraction of sp³-hybridized carbons (Fsp3) is 0.467. The second kappa shape index (κ2) is 5.94. The van der Waals surface area contributed by atoms with Crippen LogP contribution in [0.4, 0.5) is 0 Å². The highest BCUT2D eigenvalue weighted by Crippen LogP contribution is 2.24. The van der Waals surface area contributed by atoms with E-state index in [9.17, 15) is 9.59 Å². The van der Waals surface area contributed by atoms with Gasteiger partial charge in [0.05, 0.1) is 19.4 Å². The molecule has 0 saturated carbocycles. The molecule has 5 nitrogen and oxygen atoms in total. The normalized spacial score (nSPS) is 21.8. The number of carbonyl (C=O) groups is 2. The first-order valence-electron chi connectivity index (χ1n) is 6.64. The van der Waals surface area contributed by atoms with Crippen LogP contribution in [0.1, 0.15) is 12.5 Å². The first-order chi connectivity index (χ1) is 9.51. The van der Waals surface area contributed by atoms with E-state index >= 15 is 0 Å². The second-order valence-electron chi connectivity index (χ2n) is 5.25. The lowest BCUT2D eigenvalue weighted by atomic mass is 9.99. The summed E-state index contributed by atoms with van der Waals surface area (Å²) < 4.78 is 5.07. The molecule has 20 heavy (non-hydrogen) atoms. The third-order valence-electron chi connectivity index (χ3n) is 3.80. The van der Waals surface area contributed by atoms with Crippen LogP contribution < -0.4 is 4.74 Å². The van der Waals surface area contributed by atoms with Crippen molar-refractivity contribution in [3.05, 3.63) is 29.8 Å². The van der Waals surface area contributed by atoms with Crippen molar-refractivity contribution >= 4 is 11.9 Å². The summed E-state index contributed by atoms with van der Waals surface area (Å²) in [5, 5.41) is 9.08. The fourth-order valence-corrected chi connectivity index (χ4v) is 2.52. The monoisotopic (exact) mass is 277 g/mol. The number of carboxylic acid groups (broad SMARTS) is 1. The summed E-state index contributed by atoms with van der Waals surface area (Å²) in [5.41, 5.74) is 0.905. The van der Waals surface area contributed by atoms with Gasteiger partial charge < -0.3 is 14.7 Å². The molecule has 1 aliphatic heterocycles. The number of ether oxygens (including phenoxy) is 1. The molecule has 2 rings (SSSR count). The summed E-state index contributed by atoms with van der Waals surface area (Å²) >= 11 is 0. The average molecular weight is 277 g/mol. The van der Waals surface area contributed by atoms with Gasteiger partial charge in [-0.15, -0.1) is 0 Å². The van der Waals surface area contributed by atoms with Crippen LogP contribution in [0.25, 0.3) is 0 Å². The minimum atomic E-state index is -0.822. The van der Waals surface area contributed by atoms with E-state index in [1.807, 2.05) is 31.2 Å². The molecular weight excluding hydrogens is 258 g/mol. The molecule has 1 N–H and O–H groups in total. The Morgan fingerprint density at radius 2 is 1.95 bits per heavy atom. The Kier molecular flexibility index (Phi) is 4.27. The Labute approximate surface area is 118 Å². The lowest BCUT2D eigenvalue weighted by Crippen LogP contribution is -2.31. The molecule has 0 radical (unpaired) electrons. The molecule has 1 aromatic carbocycles. The molecule has 0 aliphatic carbocycles. The van der Waals surface area contributed by atoms with E-state index in [2.05, 4.69) is 0 Å². The molecule has 0 aromatic heterocycles. The number of carbonyl (C=O) groups excluding carboxylic acids is 1. The van der Waals surface area contributed by atoms with Crippen LogP contribution >= 0.6 is 0 Å². The number of aliphatic carboxylic acids is 1. The Morgan fingerprint density at radius 3 is 2.45 bits per heavy atom. The van der Waals surface area contributed by atoms with Crippen LogP contribution in [0.2, 0.25) is 0 Å². The van der Waals surface area contributed by atoms with Gasteiger partial charge in [0, 0.05) is 13.1 Å². The molecule has 0 spiro atoms. The zero-order valence-corrected chi connectivity index (χ0v) is 11.7. The summed E-state index contributed by atoms with van der Waals surface area (Å²) in [6, 6.07) is 7.33. The van der Waals surface area contributed by atoms with E-state index in [1.54, 1.807) is 12.0 Å². The number of likely N-dealkylation sites (tertiary alicyclic amines) is 1. The zero-order valence-electron chi connectivity index (χ0n) is 11.7. The van der Waals surface area contributed by atoms with Gasteiger partial charge in [-0.2, -0.15) is 0 Å². The van der Waals surface area contributed by atoms with Crippen molar-refractivity contribution in [2.45, 2.75) is 13.3 Å². The van der Waals surface area contributed by atoms with Crippen molar-refractivity contribution in [2.75, 3.05) is 20.2 Å². The molecule has 0 bridgehead atoms. The fourth-order valence-electron chi connectivity index (χ4n) is 2.52. The van der Waals surface area contributed by atoms with E-state index in [0.29, 0.717) is 19.5 Å². The first kappa shape index (κ1) is 14.4. The molecule has 2 atom stereocenters. The highest BCUT2D eigenvalue weighted by molar-refractivity contribution is 5.81. The van der Waals surface area contributed by atoms with Gasteiger partial charge in [-0.25, -0.2) is 0 Å². The van der Waals surface area contributed by atoms with Crippen molar-refractivity contribution in [3.63, 3.8) is 0 Å². The Bertz CT molecular complexity index is 497. The number of amides is 1. The predicted molar refractivity (Wildman–Crippen MR) is 73.6 cm³/mol. The molecule has 1 heterocycles. The van der Waals surface area contributed by atoms with Gasteiger partial charge in [-0.05, 0) is 23.6 Å². The third-order valence-corrected chi connectivity index (χ3v) is 3.80. The van der Waals surface area contributed by atoms with Crippen molar-refractivity contribution in [1.82, 2.24) is 4.90 Å². The summed E-state index contributed by atoms with van der Waals surface area (Å²) in [4.78, 5) is 24.9. The van der Waals surface area contributed by atoms with Crippen LogP contribution in [0.5, 0.6) is 5.75 Å². The number of rotatable bonds is 4. The minimum absolute atomic E-state index is 0.00678. The summed E-state index contributed by atoms with van der Waals surface area (Å²) in [5.74, 6) is -0.535. The van der Waals surface area contributed by atoms with Crippen LogP contribution in [-0.2, 0) is 16.0 Å². The van der Waals surface area contributed by atoms with E-state index in [4.69, 9.17) is 9.84 Å². The van der Waals surface area contributed by atoms with Crippen LogP contribution in [0, 0.1) is 11.8 Å². The largest absolute Gasteiger partial charge is 0.497 e. The Morgan fingerprint density at radius 1 is 1.30 bits per heavy atom. The van der Waals surface area contributed by atoms with E-state index in [-0.39, 0.29) is 11.8 Å². The van der Waals surface area contributed by atoms with Gasteiger partial charge >= 0.3 is 5.97 Å². The highest BCUT2D eigenvalue weighted by Gasteiger charge is 2.36. The zero-order chi connectivity index (χ0) is 14.7. The highest BCUT2D eigenvalue weighted by atomic mass is 16.5. The predicted octanol–water partition coefficient (Wildman–Crippen LogP) is 1.42. The van der Waals surface area contributed by atoms with E-state index in [0.717, 1.165) is 11.3 Å². The van der Waals surface area contributed by atoms with E-state index in [1.165, 1.54) is 0 Å². The van der Waals surface area contributed by atoms with Gasteiger partial charge in [-0.1, -0.05) is 19.1 Å². The number of hydrogen-bond donors (Lipinski definition) is 1. The summed E-state index contributed by atoms with van der Waals surface area (Å²) in [6.07, 6.45) is 0.295. The molecule has 1 fully saturated rings. The van der Waals surface area contributed by atoms with Gasteiger partial charge in [-0.3, -0.25) is 9.59 Å². The van der Waals surface area contributed by atoms with Crippen molar-refractivity contribution in [1.29, 1.82) is 0 Å². The molecule has 0 unspecified atom stereocenters. The lowest BCUT2D eigenvalue weighted by Gasteiger charge is -2.16. The van der Waals surface area contributed by atoms with Crippen LogP contribution in [0.15, 0.2) is 24.3 Å². The topological polar surface area (TPSA) is 66.8 Å². The maximum atomic E-state index is 12.2. The van der Waals surface area contributed by atoms with Gasteiger partial charge in [0.15, 0.2) is 0 Å². The van der Waals surface area contributed by atoms with Crippen LogP contribution in [0.3, 0.4) is 0 Å². The molecule has 1 amide bonds.